The number of aliphatic hydroxyl groups is 4. The molecular formula is C23H30O10. The lowest BCUT2D eigenvalue weighted by Gasteiger charge is -2.41. The number of phenols is 1. The second-order valence-corrected chi connectivity index (χ2v) is 8.43. The van der Waals surface area contributed by atoms with Gasteiger partial charge >= 0.3 is 11.6 Å². The van der Waals surface area contributed by atoms with Crippen LogP contribution in [-0.4, -0.2) is 67.6 Å². The fourth-order valence-electron chi connectivity index (χ4n) is 4.42. The van der Waals surface area contributed by atoms with Gasteiger partial charge in [-0.15, -0.1) is 0 Å². The normalized spacial score (nSPS) is 26.4. The predicted octanol–water partition coefficient (Wildman–Crippen LogP) is 0.837. The highest BCUT2D eigenvalue weighted by molar-refractivity contribution is 5.83. The quantitative estimate of drug-likeness (QED) is 0.290. The Kier molecular flexibility index (Phi) is 8.09. The maximum Gasteiger partial charge on any atom is 0.339 e. The van der Waals surface area contributed by atoms with Crippen molar-refractivity contribution < 1.29 is 44.6 Å². The standard InChI is InChI=1S/C23H30O10/c1-2-4-11(22(29)30)5-3-6-14-17(13-8-7-12(25)9-15(13)33-23(14)31)21-20(28)19(27)18(26)16(10-24)32-21/h7-9,11,16,18-21,24-28H,2-6,10H2,1H3,(H,29,30)/t11?,16-,18+,19+,20-,21+/m1/s1. The van der Waals surface area contributed by atoms with Crippen molar-refractivity contribution in [3.63, 3.8) is 0 Å². The molecule has 33 heavy (non-hydrogen) atoms. The minimum absolute atomic E-state index is 0.0325. The number of aliphatic hydroxyl groups excluding tert-OH is 4. The summed E-state index contributed by atoms with van der Waals surface area (Å²) in [5.41, 5.74) is -0.369. The van der Waals surface area contributed by atoms with Gasteiger partial charge in [0.05, 0.1) is 12.5 Å². The van der Waals surface area contributed by atoms with Crippen molar-refractivity contribution >= 4 is 16.9 Å². The van der Waals surface area contributed by atoms with Crippen LogP contribution >= 0.6 is 0 Å². The molecule has 1 aliphatic rings. The van der Waals surface area contributed by atoms with E-state index in [4.69, 9.17) is 9.15 Å². The Morgan fingerprint density at radius 3 is 2.48 bits per heavy atom. The van der Waals surface area contributed by atoms with E-state index in [9.17, 15) is 40.2 Å². The van der Waals surface area contributed by atoms with E-state index in [1.165, 1.54) is 18.2 Å². The highest BCUT2D eigenvalue weighted by atomic mass is 16.5. The molecule has 0 bridgehead atoms. The van der Waals surface area contributed by atoms with Gasteiger partial charge in [-0.1, -0.05) is 13.3 Å². The molecule has 1 aromatic heterocycles. The van der Waals surface area contributed by atoms with Gasteiger partial charge in [0, 0.05) is 22.6 Å². The third-order valence-electron chi connectivity index (χ3n) is 6.17. The Morgan fingerprint density at radius 2 is 1.85 bits per heavy atom. The topological polar surface area (TPSA) is 178 Å². The molecule has 1 aromatic carbocycles. The van der Waals surface area contributed by atoms with Gasteiger partial charge in [-0.05, 0) is 37.8 Å². The molecule has 182 valence electrons. The Labute approximate surface area is 189 Å². The Balaban J connectivity index is 2.05. The number of ether oxygens (including phenoxy) is 1. The van der Waals surface area contributed by atoms with Crippen LogP contribution in [0.25, 0.3) is 11.0 Å². The van der Waals surface area contributed by atoms with Crippen LogP contribution in [-0.2, 0) is 16.0 Å². The summed E-state index contributed by atoms with van der Waals surface area (Å²) in [4.78, 5) is 24.4. The molecule has 6 atom stereocenters. The van der Waals surface area contributed by atoms with E-state index < -0.39 is 54.6 Å². The fraction of sp³-hybridized carbons (Fsp3) is 0.565. The number of aromatic hydroxyl groups is 1. The molecular weight excluding hydrogens is 436 g/mol. The van der Waals surface area contributed by atoms with Crippen LogP contribution in [0, 0.1) is 5.92 Å². The summed E-state index contributed by atoms with van der Waals surface area (Å²) in [5.74, 6) is -1.62. The number of fused-ring (bicyclic) bond motifs is 1. The van der Waals surface area contributed by atoms with E-state index in [2.05, 4.69) is 0 Å². The molecule has 10 heteroatoms. The first kappa shape index (κ1) is 25.1. The van der Waals surface area contributed by atoms with Gasteiger partial charge in [0.1, 0.15) is 41.9 Å². The third-order valence-corrected chi connectivity index (χ3v) is 6.17. The van der Waals surface area contributed by atoms with Crippen molar-refractivity contribution in [3.8, 4) is 5.75 Å². The van der Waals surface area contributed by atoms with Crippen molar-refractivity contribution in [2.75, 3.05) is 6.61 Å². The third kappa shape index (κ3) is 5.20. The van der Waals surface area contributed by atoms with E-state index in [1.807, 2.05) is 6.92 Å². The molecule has 1 saturated heterocycles. The fourth-order valence-corrected chi connectivity index (χ4v) is 4.42. The van der Waals surface area contributed by atoms with Gasteiger partial charge in [-0.2, -0.15) is 0 Å². The highest BCUT2D eigenvalue weighted by Crippen LogP contribution is 2.38. The largest absolute Gasteiger partial charge is 0.508 e. The van der Waals surface area contributed by atoms with Crippen molar-refractivity contribution in [3.05, 3.63) is 39.7 Å². The van der Waals surface area contributed by atoms with Crippen LogP contribution in [0.5, 0.6) is 5.75 Å². The van der Waals surface area contributed by atoms with Gasteiger partial charge in [0.25, 0.3) is 0 Å². The molecule has 1 aliphatic heterocycles. The molecule has 2 heterocycles. The highest BCUT2D eigenvalue weighted by Gasteiger charge is 2.45. The van der Waals surface area contributed by atoms with E-state index in [1.54, 1.807) is 0 Å². The second kappa shape index (κ2) is 10.6. The number of hydrogen-bond acceptors (Lipinski definition) is 9. The number of hydrogen-bond donors (Lipinski definition) is 6. The molecule has 0 spiro atoms. The Hall–Kier alpha value is -2.50. The molecule has 10 nitrogen and oxygen atoms in total. The zero-order valence-corrected chi connectivity index (χ0v) is 18.3. The second-order valence-electron chi connectivity index (χ2n) is 8.43. The van der Waals surface area contributed by atoms with Gasteiger partial charge in [-0.25, -0.2) is 4.79 Å². The number of benzene rings is 1. The summed E-state index contributed by atoms with van der Waals surface area (Å²) in [7, 11) is 0. The van der Waals surface area contributed by atoms with Gasteiger partial charge in [-0.3, -0.25) is 4.79 Å². The minimum atomic E-state index is -1.64. The van der Waals surface area contributed by atoms with Gasteiger partial charge in [0.15, 0.2) is 0 Å². The zero-order chi connectivity index (χ0) is 24.3. The Bertz CT molecular complexity index is 1030. The monoisotopic (exact) mass is 466 g/mol. The number of carbonyl (C=O) groups is 1. The predicted molar refractivity (Wildman–Crippen MR) is 116 cm³/mol. The van der Waals surface area contributed by atoms with E-state index in [0.29, 0.717) is 31.1 Å². The molecule has 0 aliphatic carbocycles. The van der Waals surface area contributed by atoms with Crippen LogP contribution < -0.4 is 5.63 Å². The van der Waals surface area contributed by atoms with Crippen LogP contribution in [0.1, 0.15) is 49.8 Å². The van der Waals surface area contributed by atoms with Crippen LogP contribution in [0.3, 0.4) is 0 Å². The molecule has 2 aromatic rings. The lowest BCUT2D eigenvalue weighted by atomic mass is 9.86. The maximum atomic E-state index is 12.9. The van der Waals surface area contributed by atoms with E-state index in [0.717, 1.165) is 0 Å². The molecule has 1 fully saturated rings. The number of carboxylic acid groups (broad SMARTS) is 1. The summed E-state index contributed by atoms with van der Waals surface area (Å²) < 4.78 is 11.1. The van der Waals surface area contributed by atoms with Crippen LogP contribution in [0.2, 0.25) is 0 Å². The van der Waals surface area contributed by atoms with Crippen molar-refractivity contribution in [1.82, 2.24) is 0 Å². The number of rotatable bonds is 9. The summed E-state index contributed by atoms with van der Waals surface area (Å²) in [5, 5.41) is 60.2. The SMILES string of the molecule is CCCC(CCCc1c([C@@H]2O[C@H](CO)[C@H](O)[C@H](O)[C@H]2O)c2ccc(O)cc2oc1=O)C(=O)O. The average molecular weight is 466 g/mol. The first-order valence-electron chi connectivity index (χ1n) is 11.0. The lowest BCUT2D eigenvalue weighted by Crippen LogP contribution is -2.55. The lowest BCUT2D eigenvalue weighted by molar-refractivity contribution is -0.231. The minimum Gasteiger partial charge on any atom is -0.508 e. The van der Waals surface area contributed by atoms with Crippen LogP contribution in [0.4, 0.5) is 0 Å². The molecule has 0 saturated carbocycles. The molecule has 6 N–H and O–H groups in total. The van der Waals surface area contributed by atoms with Crippen molar-refractivity contribution in [2.45, 2.75) is 69.5 Å². The molecule has 1 unspecified atom stereocenters. The first-order chi connectivity index (χ1) is 15.7. The summed E-state index contributed by atoms with van der Waals surface area (Å²) in [6, 6.07) is 4.07. The van der Waals surface area contributed by atoms with Crippen molar-refractivity contribution in [2.24, 2.45) is 5.92 Å². The summed E-state index contributed by atoms with van der Waals surface area (Å²) >= 11 is 0. The molecule has 3 rings (SSSR count). The number of aliphatic carboxylic acids is 1. The first-order valence-corrected chi connectivity index (χ1v) is 11.0. The maximum absolute atomic E-state index is 12.9. The van der Waals surface area contributed by atoms with Crippen LogP contribution in [0.15, 0.2) is 27.4 Å². The molecule has 0 amide bonds. The van der Waals surface area contributed by atoms with Gasteiger partial charge < -0.3 is 39.8 Å². The smallest absolute Gasteiger partial charge is 0.339 e. The zero-order valence-electron chi connectivity index (χ0n) is 18.3. The van der Waals surface area contributed by atoms with E-state index >= 15 is 0 Å². The van der Waals surface area contributed by atoms with Crippen molar-refractivity contribution in [1.29, 1.82) is 0 Å². The van der Waals surface area contributed by atoms with Gasteiger partial charge in [0.2, 0.25) is 0 Å². The summed E-state index contributed by atoms with van der Waals surface area (Å²) in [6.45, 7) is 1.26. The van der Waals surface area contributed by atoms with E-state index in [-0.39, 0.29) is 28.9 Å². The number of phenolic OH excluding ortho intramolecular Hbond substituents is 1. The number of carboxylic acids is 1. The Morgan fingerprint density at radius 1 is 1.12 bits per heavy atom. The molecule has 0 radical (unpaired) electrons. The average Bonchev–Trinajstić information content (AvgIpc) is 2.77. The summed E-state index contributed by atoms with van der Waals surface area (Å²) in [6.07, 6.45) is -5.29.